The van der Waals surface area contributed by atoms with Crippen LogP contribution in [0, 0.1) is 12.8 Å². The Morgan fingerprint density at radius 2 is 1.88 bits per heavy atom. The number of nitrogens with one attached hydrogen (secondary N) is 1. The molecule has 3 heteroatoms. The Morgan fingerprint density at radius 3 is 2.35 bits per heavy atom. The summed E-state index contributed by atoms with van der Waals surface area (Å²) in [4.78, 5) is 11.9. The Bertz CT molecular complexity index is 357. The molecule has 1 atom stereocenters. The molecule has 0 aliphatic heterocycles. The highest BCUT2D eigenvalue weighted by atomic mass is 16.1. The van der Waals surface area contributed by atoms with Gasteiger partial charge >= 0.3 is 0 Å². The summed E-state index contributed by atoms with van der Waals surface area (Å²) in [5.74, 6) is -0.0943. The zero-order valence-electron chi connectivity index (χ0n) is 10.9. The first-order valence-corrected chi connectivity index (χ1v) is 6.09. The van der Waals surface area contributed by atoms with E-state index in [9.17, 15) is 4.79 Å². The first-order chi connectivity index (χ1) is 8.02. The maximum Gasteiger partial charge on any atom is 0.224 e. The van der Waals surface area contributed by atoms with Gasteiger partial charge in [-0.15, -0.1) is 0 Å². The fourth-order valence-electron chi connectivity index (χ4n) is 1.69. The Labute approximate surface area is 103 Å². The molecule has 0 spiro atoms. The monoisotopic (exact) mass is 234 g/mol. The van der Waals surface area contributed by atoms with Gasteiger partial charge in [0.15, 0.2) is 0 Å². The third kappa shape index (κ3) is 4.57. The first-order valence-electron chi connectivity index (χ1n) is 6.09. The SMILES string of the molecule is Cc1ccc(CC(CN)C(=O)NC(C)C)cc1. The molecule has 17 heavy (non-hydrogen) atoms. The Balaban J connectivity index is 2.63. The van der Waals surface area contributed by atoms with Crippen LogP contribution in [0.2, 0.25) is 0 Å². The van der Waals surface area contributed by atoms with Gasteiger partial charge in [-0.25, -0.2) is 0 Å². The van der Waals surface area contributed by atoms with Crippen molar-refractivity contribution in [3.8, 4) is 0 Å². The lowest BCUT2D eigenvalue weighted by Crippen LogP contribution is -2.39. The Kier molecular flexibility index (Phi) is 5.16. The molecule has 1 unspecified atom stereocenters. The van der Waals surface area contributed by atoms with Crippen LogP contribution in [0.5, 0.6) is 0 Å². The third-order valence-electron chi connectivity index (χ3n) is 2.69. The molecule has 0 saturated carbocycles. The largest absolute Gasteiger partial charge is 0.354 e. The summed E-state index contributed by atoms with van der Waals surface area (Å²) in [5, 5.41) is 2.91. The van der Waals surface area contributed by atoms with E-state index < -0.39 is 0 Å². The van der Waals surface area contributed by atoms with Crippen molar-refractivity contribution >= 4 is 5.91 Å². The van der Waals surface area contributed by atoms with Crippen molar-refractivity contribution in [1.29, 1.82) is 0 Å². The number of amides is 1. The lowest BCUT2D eigenvalue weighted by molar-refractivity contribution is -0.125. The van der Waals surface area contributed by atoms with Gasteiger partial charge in [0.2, 0.25) is 5.91 Å². The predicted octanol–water partition coefficient (Wildman–Crippen LogP) is 1.64. The van der Waals surface area contributed by atoms with Crippen molar-refractivity contribution in [2.75, 3.05) is 6.54 Å². The zero-order chi connectivity index (χ0) is 12.8. The lowest BCUT2D eigenvalue weighted by atomic mass is 9.97. The first kappa shape index (κ1) is 13.7. The lowest BCUT2D eigenvalue weighted by Gasteiger charge is -2.17. The van der Waals surface area contributed by atoms with Crippen molar-refractivity contribution in [3.05, 3.63) is 35.4 Å². The maximum atomic E-state index is 11.9. The van der Waals surface area contributed by atoms with E-state index in [-0.39, 0.29) is 17.9 Å². The van der Waals surface area contributed by atoms with E-state index in [4.69, 9.17) is 5.73 Å². The topological polar surface area (TPSA) is 55.1 Å². The molecule has 0 aromatic heterocycles. The normalized spacial score (nSPS) is 12.5. The molecule has 1 rings (SSSR count). The van der Waals surface area contributed by atoms with Crippen LogP contribution in [0.3, 0.4) is 0 Å². The van der Waals surface area contributed by atoms with E-state index in [2.05, 4.69) is 36.5 Å². The van der Waals surface area contributed by atoms with Crippen LogP contribution >= 0.6 is 0 Å². The van der Waals surface area contributed by atoms with Crippen LogP contribution in [0.15, 0.2) is 24.3 Å². The van der Waals surface area contributed by atoms with E-state index in [0.29, 0.717) is 13.0 Å². The Hall–Kier alpha value is -1.35. The summed E-state index contributed by atoms with van der Waals surface area (Å²) < 4.78 is 0. The molecule has 1 aromatic rings. The minimum Gasteiger partial charge on any atom is -0.354 e. The van der Waals surface area contributed by atoms with E-state index in [1.54, 1.807) is 0 Å². The number of nitrogens with two attached hydrogens (primary N) is 1. The molecule has 3 nitrogen and oxygen atoms in total. The standard InChI is InChI=1S/C14H22N2O/c1-10(2)16-14(17)13(9-15)8-12-6-4-11(3)5-7-12/h4-7,10,13H,8-9,15H2,1-3H3,(H,16,17). The molecule has 0 aliphatic rings. The quantitative estimate of drug-likeness (QED) is 0.813. The van der Waals surface area contributed by atoms with Gasteiger partial charge in [0.25, 0.3) is 0 Å². The number of carbonyl (C=O) groups excluding carboxylic acids is 1. The van der Waals surface area contributed by atoms with Crippen LogP contribution in [-0.4, -0.2) is 18.5 Å². The van der Waals surface area contributed by atoms with Gasteiger partial charge in [-0.2, -0.15) is 0 Å². The van der Waals surface area contributed by atoms with Gasteiger partial charge < -0.3 is 11.1 Å². The van der Waals surface area contributed by atoms with Gasteiger partial charge in [-0.3, -0.25) is 4.79 Å². The molecular formula is C14H22N2O. The van der Waals surface area contributed by atoms with Crippen LogP contribution in [0.25, 0.3) is 0 Å². The number of hydrogen-bond donors (Lipinski definition) is 2. The smallest absolute Gasteiger partial charge is 0.224 e. The summed E-state index contributed by atoms with van der Waals surface area (Å²) in [7, 11) is 0. The molecule has 0 aliphatic carbocycles. The molecule has 3 N–H and O–H groups in total. The highest BCUT2D eigenvalue weighted by Gasteiger charge is 2.17. The second kappa shape index (κ2) is 6.40. The second-order valence-corrected chi connectivity index (χ2v) is 4.79. The molecular weight excluding hydrogens is 212 g/mol. The van der Waals surface area contributed by atoms with Crippen molar-refractivity contribution in [2.24, 2.45) is 11.7 Å². The molecule has 0 radical (unpaired) electrons. The fourth-order valence-corrected chi connectivity index (χ4v) is 1.69. The summed E-state index contributed by atoms with van der Waals surface area (Å²) in [6.45, 7) is 6.34. The van der Waals surface area contributed by atoms with Gasteiger partial charge in [0.05, 0.1) is 5.92 Å². The summed E-state index contributed by atoms with van der Waals surface area (Å²) in [6.07, 6.45) is 0.704. The van der Waals surface area contributed by atoms with E-state index >= 15 is 0 Å². The molecule has 0 bridgehead atoms. The van der Waals surface area contributed by atoms with Gasteiger partial charge in [-0.1, -0.05) is 29.8 Å². The number of carbonyl (C=O) groups is 1. The fraction of sp³-hybridized carbons (Fsp3) is 0.500. The van der Waals surface area contributed by atoms with Crippen LogP contribution < -0.4 is 11.1 Å². The van der Waals surface area contributed by atoms with Crippen molar-refractivity contribution in [3.63, 3.8) is 0 Å². The minimum absolute atomic E-state index is 0.0445. The van der Waals surface area contributed by atoms with Crippen LogP contribution in [0.4, 0.5) is 0 Å². The number of hydrogen-bond acceptors (Lipinski definition) is 2. The van der Waals surface area contributed by atoms with Crippen LogP contribution in [0.1, 0.15) is 25.0 Å². The molecule has 1 aromatic carbocycles. The number of rotatable bonds is 5. The summed E-state index contributed by atoms with van der Waals surface area (Å²) >= 11 is 0. The van der Waals surface area contributed by atoms with Gasteiger partial charge in [0.1, 0.15) is 0 Å². The highest BCUT2D eigenvalue weighted by molar-refractivity contribution is 5.79. The van der Waals surface area contributed by atoms with Crippen molar-refractivity contribution in [1.82, 2.24) is 5.32 Å². The van der Waals surface area contributed by atoms with Crippen molar-refractivity contribution < 1.29 is 4.79 Å². The molecule has 94 valence electrons. The average molecular weight is 234 g/mol. The maximum absolute atomic E-state index is 11.9. The van der Waals surface area contributed by atoms with E-state index in [1.165, 1.54) is 5.56 Å². The van der Waals surface area contributed by atoms with E-state index in [1.807, 2.05) is 13.8 Å². The van der Waals surface area contributed by atoms with Crippen molar-refractivity contribution in [2.45, 2.75) is 33.2 Å². The highest BCUT2D eigenvalue weighted by Crippen LogP contribution is 2.10. The summed E-state index contributed by atoms with van der Waals surface area (Å²) in [6, 6.07) is 8.39. The Morgan fingerprint density at radius 1 is 1.29 bits per heavy atom. The summed E-state index contributed by atoms with van der Waals surface area (Å²) in [5.41, 5.74) is 8.05. The molecule has 0 saturated heterocycles. The number of aryl methyl sites for hydroxylation is 1. The molecule has 0 fully saturated rings. The third-order valence-corrected chi connectivity index (χ3v) is 2.69. The van der Waals surface area contributed by atoms with Gasteiger partial charge in [-0.05, 0) is 32.8 Å². The van der Waals surface area contributed by atoms with Crippen LogP contribution in [-0.2, 0) is 11.2 Å². The zero-order valence-corrected chi connectivity index (χ0v) is 10.9. The molecule has 1 amide bonds. The predicted molar refractivity (Wildman–Crippen MR) is 70.7 cm³/mol. The average Bonchev–Trinajstić information content (AvgIpc) is 2.27. The minimum atomic E-state index is -0.139. The second-order valence-electron chi connectivity index (χ2n) is 4.79. The van der Waals surface area contributed by atoms with Gasteiger partial charge in [0, 0.05) is 12.6 Å². The molecule has 0 heterocycles. The number of benzene rings is 1. The van der Waals surface area contributed by atoms with E-state index in [0.717, 1.165) is 5.56 Å².